The standard InChI is InChI=1S/C15H30N2O3/c1-11(2)8-9-16-14(18)10-17-13(4)7-5-6-12(3)15(19)20/h11-13,17H,5-10H2,1-4H3,(H,16,18)(H,19,20). The van der Waals surface area contributed by atoms with E-state index >= 15 is 0 Å². The van der Waals surface area contributed by atoms with E-state index in [0.29, 0.717) is 18.9 Å². The minimum absolute atomic E-state index is 0.0244. The lowest BCUT2D eigenvalue weighted by Gasteiger charge is -2.14. The molecule has 0 bridgehead atoms. The van der Waals surface area contributed by atoms with Crippen LogP contribution in [0.3, 0.4) is 0 Å². The number of nitrogens with one attached hydrogen (secondary N) is 2. The molecule has 1 amide bonds. The third-order valence-corrected chi connectivity index (χ3v) is 3.35. The van der Waals surface area contributed by atoms with Crippen molar-refractivity contribution in [2.75, 3.05) is 13.1 Å². The maximum absolute atomic E-state index is 11.5. The van der Waals surface area contributed by atoms with Gasteiger partial charge in [-0.2, -0.15) is 0 Å². The number of hydrogen-bond acceptors (Lipinski definition) is 3. The van der Waals surface area contributed by atoms with Crippen LogP contribution in [0.15, 0.2) is 0 Å². The van der Waals surface area contributed by atoms with Crippen molar-refractivity contribution in [2.45, 2.75) is 59.4 Å². The van der Waals surface area contributed by atoms with E-state index in [4.69, 9.17) is 5.11 Å². The Morgan fingerprint density at radius 3 is 2.25 bits per heavy atom. The lowest BCUT2D eigenvalue weighted by molar-refractivity contribution is -0.141. The molecule has 0 heterocycles. The molecule has 20 heavy (non-hydrogen) atoms. The maximum Gasteiger partial charge on any atom is 0.306 e. The quantitative estimate of drug-likeness (QED) is 0.543. The molecule has 0 aliphatic carbocycles. The van der Waals surface area contributed by atoms with Crippen molar-refractivity contribution in [3.63, 3.8) is 0 Å². The highest BCUT2D eigenvalue weighted by molar-refractivity contribution is 5.77. The molecule has 0 radical (unpaired) electrons. The predicted octanol–water partition coefficient (Wildman–Crippen LogP) is 2.02. The largest absolute Gasteiger partial charge is 0.481 e. The first-order valence-corrected chi connectivity index (χ1v) is 7.55. The van der Waals surface area contributed by atoms with Crippen LogP contribution in [0.1, 0.15) is 53.4 Å². The third-order valence-electron chi connectivity index (χ3n) is 3.35. The van der Waals surface area contributed by atoms with Crippen molar-refractivity contribution in [2.24, 2.45) is 11.8 Å². The Bertz CT molecular complexity index is 293. The lowest BCUT2D eigenvalue weighted by Crippen LogP contribution is -2.38. The van der Waals surface area contributed by atoms with Crippen LogP contribution in [0.5, 0.6) is 0 Å². The van der Waals surface area contributed by atoms with Gasteiger partial charge in [0.05, 0.1) is 12.5 Å². The van der Waals surface area contributed by atoms with Crippen LogP contribution >= 0.6 is 0 Å². The Kier molecular flexibility index (Phi) is 10.1. The molecular formula is C15H30N2O3. The van der Waals surface area contributed by atoms with Gasteiger partial charge < -0.3 is 15.7 Å². The zero-order valence-corrected chi connectivity index (χ0v) is 13.2. The molecule has 0 aliphatic rings. The van der Waals surface area contributed by atoms with E-state index in [0.717, 1.165) is 25.8 Å². The van der Waals surface area contributed by atoms with Crippen LogP contribution in [0.2, 0.25) is 0 Å². The summed E-state index contributed by atoms with van der Waals surface area (Å²) < 4.78 is 0. The van der Waals surface area contributed by atoms with Crippen molar-refractivity contribution in [1.82, 2.24) is 10.6 Å². The molecule has 0 aromatic carbocycles. The summed E-state index contributed by atoms with van der Waals surface area (Å²) in [5.74, 6) is -0.411. The van der Waals surface area contributed by atoms with Crippen molar-refractivity contribution in [1.29, 1.82) is 0 Å². The molecule has 2 atom stereocenters. The van der Waals surface area contributed by atoms with E-state index in [2.05, 4.69) is 24.5 Å². The van der Waals surface area contributed by atoms with E-state index in [1.54, 1.807) is 6.92 Å². The lowest BCUT2D eigenvalue weighted by atomic mass is 10.0. The molecular weight excluding hydrogens is 256 g/mol. The first-order valence-electron chi connectivity index (χ1n) is 7.55. The smallest absolute Gasteiger partial charge is 0.306 e. The second kappa shape index (κ2) is 10.7. The minimum Gasteiger partial charge on any atom is -0.481 e. The van der Waals surface area contributed by atoms with Crippen LogP contribution in [0, 0.1) is 11.8 Å². The normalized spacial score (nSPS) is 14.1. The van der Waals surface area contributed by atoms with Crippen LogP contribution in [0.25, 0.3) is 0 Å². The number of hydrogen-bond donors (Lipinski definition) is 3. The van der Waals surface area contributed by atoms with Gasteiger partial charge in [-0.25, -0.2) is 0 Å². The Morgan fingerprint density at radius 1 is 1.05 bits per heavy atom. The van der Waals surface area contributed by atoms with Crippen LogP contribution in [0.4, 0.5) is 0 Å². The van der Waals surface area contributed by atoms with Crippen LogP contribution in [-0.4, -0.2) is 36.1 Å². The predicted molar refractivity (Wildman–Crippen MR) is 80.6 cm³/mol. The average molecular weight is 286 g/mol. The molecule has 0 saturated carbocycles. The summed E-state index contributed by atoms with van der Waals surface area (Å²) in [5, 5.41) is 14.8. The molecule has 3 N–H and O–H groups in total. The van der Waals surface area contributed by atoms with E-state index < -0.39 is 5.97 Å². The first-order chi connectivity index (χ1) is 9.32. The molecule has 5 heteroatoms. The fourth-order valence-electron chi connectivity index (χ4n) is 1.79. The summed E-state index contributed by atoms with van der Waals surface area (Å²) in [6.45, 7) is 9.06. The van der Waals surface area contributed by atoms with Crippen LogP contribution < -0.4 is 10.6 Å². The van der Waals surface area contributed by atoms with Gasteiger partial charge in [0.1, 0.15) is 0 Å². The van der Waals surface area contributed by atoms with Crippen molar-refractivity contribution in [3.05, 3.63) is 0 Å². The number of carboxylic acids is 1. The number of rotatable bonds is 11. The highest BCUT2D eigenvalue weighted by atomic mass is 16.4. The van der Waals surface area contributed by atoms with E-state index in [9.17, 15) is 9.59 Å². The zero-order valence-electron chi connectivity index (χ0n) is 13.2. The van der Waals surface area contributed by atoms with Gasteiger partial charge in [-0.05, 0) is 32.1 Å². The maximum atomic E-state index is 11.5. The summed E-state index contributed by atoms with van der Waals surface area (Å²) in [5.41, 5.74) is 0. The van der Waals surface area contributed by atoms with E-state index in [-0.39, 0.29) is 17.9 Å². The monoisotopic (exact) mass is 286 g/mol. The molecule has 0 spiro atoms. The summed E-state index contributed by atoms with van der Waals surface area (Å²) >= 11 is 0. The topological polar surface area (TPSA) is 78.4 Å². The molecule has 0 aliphatic heterocycles. The van der Waals surface area contributed by atoms with E-state index in [1.807, 2.05) is 6.92 Å². The molecule has 2 unspecified atom stereocenters. The summed E-state index contributed by atoms with van der Waals surface area (Å²) in [4.78, 5) is 22.2. The average Bonchev–Trinajstić information content (AvgIpc) is 2.35. The van der Waals surface area contributed by atoms with Crippen LogP contribution in [-0.2, 0) is 9.59 Å². The van der Waals surface area contributed by atoms with Gasteiger partial charge in [0.25, 0.3) is 0 Å². The minimum atomic E-state index is -0.741. The SMILES string of the molecule is CC(C)CCNC(=O)CNC(C)CCCC(C)C(=O)O. The van der Waals surface area contributed by atoms with Gasteiger partial charge in [-0.1, -0.05) is 27.2 Å². The van der Waals surface area contributed by atoms with Gasteiger partial charge in [0.2, 0.25) is 5.91 Å². The summed E-state index contributed by atoms with van der Waals surface area (Å²) in [7, 11) is 0. The number of aliphatic carboxylic acids is 1. The number of carboxylic acid groups (broad SMARTS) is 1. The van der Waals surface area contributed by atoms with Gasteiger partial charge in [-0.3, -0.25) is 9.59 Å². The Labute approximate surface area is 122 Å². The number of amides is 1. The molecule has 0 fully saturated rings. The van der Waals surface area contributed by atoms with Gasteiger partial charge >= 0.3 is 5.97 Å². The first kappa shape index (κ1) is 18.9. The highest BCUT2D eigenvalue weighted by Gasteiger charge is 2.11. The van der Waals surface area contributed by atoms with Crippen molar-refractivity contribution in [3.8, 4) is 0 Å². The summed E-state index contributed by atoms with van der Waals surface area (Å²) in [6, 6.07) is 0.229. The third kappa shape index (κ3) is 10.8. The molecule has 0 aromatic rings. The zero-order chi connectivity index (χ0) is 15.5. The number of carbonyl (C=O) groups is 2. The molecule has 0 saturated heterocycles. The van der Waals surface area contributed by atoms with Gasteiger partial charge in [0, 0.05) is 12.6 Å². The molecule has 5 nitrogen and oxygen atoms in total. The molecule has 0 aromatic heterocycles. The second-order valence-corrected chi connectivity index (χ2v) is 5.98. The Morgan fingerprint density at radius 2 is 1.70 bits per heavy atom. The summed E-state index contributed by atoms with van der Waals surface area (Å²) in [6.07, 6.45) is 3.42. The Hall–Kier alpha value is -1.10. The van der Waals surface area contributed by atoms with Gasteiger partial charge in [-0.15, -0.1) is 0 Å². The number of carbonyl (C=O) groups excluding carboxylic acids is 1. The second-order valence-electron chi connectivity index (χ2n) is 5.98. The fourth-order valence-corrected chi connectivity index (χ4v) is 1.79. The Balaban J connectivity index is 3.59. The molecule has 0 rings (SSSR count). The van der Waals surface area contributed by atoms with Crippen molar-refractivity contribution >= 4 is 11.9 Å². The van der Waals surface area contributed by atoms with Crippen molar-refractivity contribution < 1.29 is 14.7 Å². The molecule has 118 valence electrons. The van der Waals surface area contributed by atoms with Gasteiger partial charge in [0.15, 0.2) is 0 Å². The fraction of sp³-hybridized carbons (Fsp3) is 0.867. The van der Waals surface area contributed by atoms with E-state index in [1.165, 1.54) is 0 Å². The highest BCUT2D eigenvalue weighted by Crippen LogP contribution is 2.09.